The lowest BCUT2D eigenvalue weighted by Gasteiger charge is -2.33. The van der Waals surface area contributed by atoms with Crippen LogP contribution in [0.2, 0.25) is 0 Å². The SMILES string of the molecule is N#Cc1ccc(S(=O)(=O)C(F)(F)C(F)(F)C(F)(F)C(F)(F)F)cc1. The Kier molecular flexibility index (Phi) is 4.63. The quantitative estimate of drug-likeness (QED) is 0.742. The van der Waals surface area contributed by atoms with Gasteiger partial charge in [0.2, 0.25) is 9.84 Å². The maximum atomic E-state index is 13.5. The van der Waals surface area contributed by atoms with Gasteiger partial charge < -0.3 is 0 Å². The molecule has 0 saturated carbocycles. The van der Waals surface area contributed by atoms with E-state index >= 15 is 0 Å². The summed E-state index contributed by atoms with van der Waals surface area (Å²) in [6.07, 6.45) is -7.12. The molecule has 0 aliphatic heterocycles. The number of benzene rings is 1. The molecule has 0 saturated heterocycles. The highest BCUT2D eigenvalue weighted by Crippen LogP contribution is 2.55. The number of halogens is 9. The Bertz CT molecular complexity index is 760. The zero-order valence-corrected chi connectivity index (χ0v) is 11.7. The van der Waals surface area contributed by atoms with Crippen LogP contribution in [0.25, 0.3) is 0 Å². The van der Waals surface area contributed by atoms with Gasteiger partial charge in [0.15, 0.2) is 0 Å². The van der Waals surface area contributed by atoms with Gasteiger partial charge in [0.1, 0.15) is 0 Å². The average Bonchev–Trinajstić information content (AvgIpc) is 2.45. The van der Waals surface area contributed by atoms with Crippen LogP contribution in [-0.4, -0.2) is 31.7 Å². The molecule has 0 aliphatic rings. The van der Waals surface area contributed by atoms with E-state index in [-0.39, 0.29) is 17.7 Å². The van der Waals surface area contributed by atoms with Crippen LogP contribution in [0.3, 0.4) is 0 Å². The van der Waals surface area contributed by atoms with Crippen molar-refractivity contribution in [2.75, 3.05) is 0 Å². The van der Waals surface area contributed by atoms with E-state index in [1.807, 2.05) is 0 Å². The molecule has 0 heterocycles. The van der Waals surface area contributed by atoms with E-state index in [0.29, 0.717) is 12.1 Å². The smallest absolute Gasteiger partial charge is 0.217 e. The Labute approximate surface area is 128 Å². The van der Waals surface area contributed by atoms with Gasteiger partial charge in [-0.05, 0) is 24.3 Å². The van der Waals surface area contributed by atoms with Crippen LogP contribution >= 0.6 is 0 Å². The van der Waals surface area contributed by atoms with Crippen molar-refractivity contribution < 1.29 is 47.9 Å². The second-order valence-electron chi connectivity index (χ2n) is 4.30. The molecule has 0 spiro atoms. The van der Waals surface area contributed by atoms with E-state index in [1.54, 1.807) is 0 Å². The fourth-order valence-corrected chi connectivity index (χ4v) is 2.64. The topological polar surface area (TPSA) is 57.9 Å². The molecule has 1 rings (SSSR count). The fraction of sp³-hybridized carbons (Fsp3) is 0.364. The molecule has 0 fully saturated rings. The first-order valence-corrected chi connectivity index (χ1v) is 6.97. The van der Waals surface area contributed by atoms with Crippen LogP contribution in [0.5, 0.6) is 0 Å². The van der Waals surface area contributed by atoms with Crippen molar-refractivity contribution in [2.24, 2.45) is 0 Å². The highest BCUT2D eigenvalue weighted by Gasteiger charge is 2.85. The first kappa shape index (κ1) is 20.1. The van der Waals surface area contributed by atoms with Gasteiger partial charge in [-0.25, -0.2) is 8.42 Å². The summed E-state index contributed by atoms with van der Waals surface area (Å²) in [6.45, 7) is 0. The van der Waals surface area contributed by atoms with Crippen molar-refractivity contribution in [3.8, 4) is 6.07 Å². The van der Waals surface area contributed by atoms with Gasteiger partial charge in [0.25, 0.3) is 0 Å². The molecule has 13 heteroatoms. The molecule has 0 radical (unpaired) electrons. The third-order valence-electron chi connectivity index (χ3n) is 2.75. The standard InChI is InChI=1S/C11H4F9NO2S/c12-8(13,10(16,17)18)9(14,15)11(19,20)24(22,23)7-3-1-6(5-21)2-4-7/h1-4H. The minimum absolute atomic E-state index is 0.198. The van der Waals surface area contributed by atoms with E-state index < -0.39 is 38.0 Å². The molecule has 134 valence electrons. The Morgan fingerprint density at radius 1 is 0.792 bits per heavy atom. The number of nitriles is 1. The van der Waals surface area contributed by atoms with Crippen LogP contribution in [0, 0.1) is 11.3 Å². The van der Waals surface area contributed by atoms with Crippen molar-refractivity contribution in [2.45, 2.75) is 28.2 Å². The number of sulfone groups is 1. The van der Waals surface area contributed by atoms with Crippen molar-refractivity contribution >= 4 is 9.84 Å². The van der Waals surface area contributed by atoms with Gasteiger partial charge >= 0.3 is 23.3 Å². The summed E-state index contributed by atoms with van der Waals surface area (Å²) in [7, 11) is -6.64. The van der Waals surface area contributed by atoms with Gasteiger partial charge in [0, 0.05) is 0 Å². The number of rotatable bonds is 4. The molecule has 1 aromatic carbocycles. The molecule has 0 bridgehead atoms. The molecule has 1 aromatic rings. The lowest BCUT2D eigenvalue weighted by atomic mass is 10.1. The largest absolute Gasteiger partial charge is 0.460 e. The number of hydrogen-bond donors (Lipinski definition) is 0. The summed E-state index contributed by atoms with van der Waals surface area (Å²) < 4.78 is 137. The monoisotopic (exact) mass is 385 g/mol. The van der Waals surface area contributed by atoms with E-state index in [9.17, 15) is 47.9 Å². The predicted octanol–water partition coefficient (Wildman–Crippen LogP) is 3.76. The van der Waals surface area contributed by atoms with Gasteiger partial charge in [0.05, 0.1) is 16.5 Å². The van der Waals surface area contributed by atoms with Crippen molar-refractivity contribution in [1.82, 2.24) is 0 Å². The molecule has 3 nitrogen and oxygen atoms in total. The number of alkyl halides is 9. The van der Waals surface area contributed by atoms with Crippen LogP contribution < -0.4 is 0 Å². The Balaban J connectivity index is 3.53. The Morgan fingerprint density at radius 2 is 1.21 bits per heavy atom. The second-order valence-corrected chi connectivity index (χ2v) is 6.29. The molecular formula is C11H4F9NO2S. The third kappa shape index (κ3) is 2.68. The van der Waals surface area contributed by atoms with Gasteiger partial charge in [-0.15, -0.1) is 0 Å². The molecule has 0 unspecified atom stereocenters. The molecular weight excluding hydrogens is 381 g/mol. The van der Waals surface area contributed by atoms with Gasteiger partial charge in [-0.2, -0.15) is 44.8 Å². The van der Waals surface area contributed by atoms with Gasteiger partial charge in [-0.3, -0.25) is 0 Å². The Hall–Kier alpha value is -1.97. The fourth-order valence-electron chi connectivity index (χ4n) is 1.39. The van der Waals surface area contributed by atoms with Crippen LogP contribution in [0.4, 0.5) is 39.5 Å². The second kappa shape index (κ2) is 5.54. The molecule has 24 heavy (non-hydrogen) atoms. The molecule has 0 atom stereocenters. The zero-order chi connectivity index (χ0) is 19.2. The van der Waals surface area contributed by atoms with Crippen LogP contribution in [-0.2, 0) is 9.84 Å². The van der Waals surface area contributed by atoms with Crippen molar-refractivity contribution in [3.63, 3.8) is 0 Å². The molecule has 0 N–H and O–H groups in total. The summed E-state index contributed by atoms with van der Waals surface area (Å²) in [6, 6.07) is 2.96. The first-order valence-electron chi connectivity index (χ1n) is 5.49. The normalized spacial score (nSPS) is 14.3. The number of hydrogen-bond acceptors (Lipinski definition) is 3. The summed E-state index contributed by atoms with van der Waals surface area (Å²) in [4.78, 5) is -1.66. The molecule has 0 aliphatic carbocycles. The number of nitrogens with zero attached hydrogens (tertiary/aromatic N) is 1. The average molecular weight is 385 g/mol. The maximum absolute atomic E-state index is 13.5. The highest BCUT2D eigenvalue weighted by molar-refractivity contribution is 7.92. The van der Waals surface area contributed by atoms with Crippen molar-refractivity contribution in [1.29, 1.82) is 5.26 Å². The minimum Gasteiger partial charge on any atom is -0.217 e. The zero-order valence-electron chi connectivity index (χ0n) is 10.9. The summed E-state index contributed by atoms with van der Waals surface area (Å²) in [5, 5.41) is 1.64. The molecule has 0 aromatic heterocycles. The van der Waals surface area contributed by atoms with E-state index in [0.717, 1.165) is 0 Å². The lowest BCUT2D eigenvalue weighted by Crippen LogP contribution is -2.63. The summed E-state index contributed by atoms with van der Waals surface area (Å²) in [5.41, 5.74) is -0.301. The van der Waals surface area contributed by atoms with E-state index in [1.165, 1.54) is 6.07 Å². The van der Waals surface area contributed by atoms with Crippen molar-refractivity contribution in [3.05, 3.63) is 29.8 Å². The third-order valence-corrected chi connectivity index (χ3v) is 4.57. The lowest BCUT2D eigenvalue weighted by molar-refractivity contribution is -0.382. The Morgan fingerprint density at radius 3 is 1.54 bits per heavy atom. The van der Waals surface area contributed by atoms with E-state index in [4.69, 9.17) is 5.26 Å². The maximum Gasteiger partial charge on any atom is 0.460 e. The first-order chi connectivity index (χ1) is 10.5. The van der Waals surface area contributed by atoms with Gasteiger partial charge in [-0.1, -0.05) is 0 Å². The van der Waals surface area contributed by atoms with Crippen LogP contribution in [0.15, 0.2) is 29.2 Å². The van der Waals surface area contributed by atoms with E-state index in [2.05, 4.69) is 0 Å². The summed E-state index contributed by atoms with van der Waals surface area (Å²) >= 11 is 0. The minimum atomic E-state index is -7.32. The highest BCUT2D eigenvalue weighted by atomic mass is 32.2. The molecule has 0 amide bonds. The summed E-state index contributed by atoms with van der Waals surface area (Å²) in [5.74, 6) is -14.6. The predicted molar refractivity (Wildman–Crippen MR) is 59.2 cm³/mol. The van der Waals surface area contributed by atoms with Crippen LogP contribution in [0.1, 0.15) is 5.56 Å².